The summed E-state index contributed by atoms with van der Waals surface area (Å²) in [6.07, 6.45) is 9.73. The second-order valence-corrected chi connectivity index (χ2v) is 7.36. The number of anilines is 2. The van der Waals surface area contributed by atoms with Crippen LogP contribution in [0.1, 0.15) is 47.3 Å². The third kappa shape index (κ3) is 6.14. The summed E-state index contributed by atoms with van der Waals surface area (Å²) < 4.78 is 0. The number of H-pyrrole nitrogens is 1. The van der Waals surface area contributed by atoms with Crippen LogP contribution in [0.5, 0.6) is 0 Å². The van der Waals surface area contributed by atoms with Gasteiger partial charge in [-0.3, -0.25) is 19.7 Å². The average molecular weight is 393 g/mol. The lowest BCUT2D eigenvalue weighted by molar-refractivity contribution is 0.688. The third-order valence-electron chi connectivity index (χ3n) is 4.76. The minimum atomic E-state index is -0.121. The Morgan fingerprint density at radius 3 is 2.62 bits per heavy atom. The van der Waals surface area contributed by atoms with Crippen molar-refractivity contribution >= 4 is 11.6 Å². The van der Waals surface area contributed by atoms with Crippen LogP contribution in [0.25, 0.3) is 0 Å². The van der Waals surface area contributed by atoms with Gasteiger partial charge in [0.1, 0.15) is 0 Å². The monoisotopic (exact) mass is 392 g/mol. The number of aromatic amines is 1. The number of aromatic nitrogens is 4. The number of rotatable bonds is 9. The molecule has 3 aromatic rings. The van der Waals surface area contributed by atoms with Crippen LogP contribution in [0.4, 0.5) is 11.6 Å². The lowest BCUT2D eigenvalue weighted by Crippen LogP contribution is -2.17. The van der Waals surface area contributed by atoms with Crippen LogP contribution in [-0.2, 0) is 12.8 Å². The van der Waals surface area contributed by atoms with Gasteiger partial charge in [-0.2, -0.15) is 0 Å². The summed E-state index contributed by atoms with van der Waals surface area (Å²) >= 11 is 0. The van der Waals surface area contributed by atoms with Gasteiger partial charge in [-0.15, -0.1) is 0 Å². The van der Waals surface area contributed by atoms with Gasteiger partial charge in [-0.1, -0.05) is 12.5 Å². The summed E-state index contributed by atoms with van der Waals surface area (Å²) in [5.74, 6) is 0.505. The molecule has 0 spiro atoms. The number of nitrogens with one attached hydrogen (secondary N) is 2. The minimum Gasteiger partial charge on any atom is -0.397 e. The lowest BCUT2D eigenvalue weighted by Gasteiger charge is -2.07. The molecule has 0 atom stereocenters. The number of hydrogen-bond acceptors (Lipinski definition) is 6. The van der Waals surface area contributed by atoms with Crippen molar-refractivity contribution in [3.8, 4) is 0 Å². The first-order valence-corrected chi connectivity index (χ1v) is 9.96. The van der Waals surface area contributed by atoms with Gasteiger partial charge in [0.2, 0.25) is 5.95 Å². The number of unbranched alkanes of at least 4 members (excludes halogenated alkanes) is 2. The molecule has 0 aliphatic heterocycles. The standard InChI is InChI=1S/C22H28N6O/c1-15-10-19(23)20(26-12-15)6-4-3-5-9-24-22-27-14-18(21(29)28-22)11-17-8-7-16(2)25-13-17/h7-8,10,12-14H,3-6,9,11,23H2,1-2H3,(H2,24,27,28,29). The molecule has 7 nitrogen and oxygen atoms in total. The maximum Gasteiger partial charge on any atom is 0.255 e. The zero-order valence-electron chi connectivity index (χ0n) is 17.0. The summed E-state index contributed by atoms with van der Waals surface area (Å²) in [6.45, 7) is 4.68. The Kier molecular flexibility index (Phi) is 6.94. The molecule has 3 heterocycles. The molecule has 0 radical (unpaired) electrons. The van der Waals surface area contributed by atoms with Gasteiger partial charge in [0.15, 0.2) is 0 Å². The van der Waals surface area contributed by atoms with E-state index in [9.17, 15) is 4.79 Å². The van der Waals surface area contributed by atoms with Gasteiger partial charge < -0.3 is 11.1 Å². The summed E-state index contributed by atoms with van der Waals surface area (Å²) in [7, 11) is 0. The van der Waals surface area contributed by atoms with Gasteiger partial charge >= 0.3 is 0 Å². The molecule has 0 aliphatic rings. The molecule has 0 saturated heterocycles. The number of hydrogen-bond donors (Lipinski definition) is 3. The Morgan fingerprint density at radius 1 is 1.03 bits per heavy atom. The number of nitrogens with zero attached hydrogens (tertiary/aromatic N) is 3. The minimum absolute atomic E-state index is 0.121. The molecular weight excluding hydrogens is 364 g/mol. The Labute approximate surface area is 170 Å². The van der Waals surface area contributed by atoms with E-state index in [1.54, 1.807) is 12.4 Å². The second kappa shape index (κ2) is 9.82. The summed E-state index contributed by atoms with van der Waals surface area (Å²) in [5.41, 5.74) is 11.3. The van der Waals surface area contributed by atoms with Gasteiger partial charge in [-0.25, -0.2) is 4.98 Å². The van der Waals surface area contributed by atoms with Crippen molar-refractivity contribution in [1.29, 1.82) is 0 Å². The van der Waals surface area contributed by atoms with Crippen LogP contribution in [0.3, 0.4) is 0 Å². The summed E-state index contributed by atoms with van der Waals surface area (Å²) in [6, 6.07) is 5.88. The Balaban J connectivity index is 1.41. The Morgan fingerprint density at radius 2 is 1.90 bits per heavy atom. The zero-order chi connectivity index (χ0) is 20.6. The van der Waals surface area contributed by atoms with Crippen molar-refractivity contribution in [2.45, 2.75) is 46.0 Å². The van der Waals surface area contributed by atoms with Crippen LogP contribution < -0.4 is 16.6 Å². The highest BCUT2D eigenvalue weighted by Crippen LogP contribution is 2.14. The number of pyridine rings is 2. The van der Waals surface area contributed by atoms with E-state index >= 15 is 0 Å². The molecule has 0 fully saturated rings. The molecule has 3 aromatic heterocycles. The molecule has 0 bridgehead atoms. The highest BCUT2D eigenvalue weighted by atomic mass is 16.1. The van der Waals surface area contributed by atoms with Crippen LogP contribution >= 0.6 is 0 Å². The van der Waals surface area contributed by atoms with E-state index in [4.69, 9.17) is 5.73 Å². The first-order chi connectivity index (χ1) is 14.0. The molecule has 0 unspecified atom stereocenters. The molecule has 0 amide bonds. The van der Waals surface area contributed by atoms with Crippen molar-refractivity contribution in [3.63, 3.8) is 0 Å². The molecule has 7 heteroatoms. The van der Waals surface area contributed by atoms with Gasteiger partial charge in [0, 0.05) is 42.8 Å². The molecule has 4 N–H and O–H groups in total. The predicted octanol–water partition coefficient (Wildman–Crippen LogP) is 3.17. The molecular formula is C22H28N6O. The van der Waals surface area contributed by atoms with E-state index in [1.807, 2.05) is 38.2 Å². The number of nitrogen functional groups attached to an aromatic ring is 1. The SMILES string of the molecule is Cc1cnc(CCCCCNc2ncc(Cc3ccc(C)nc3)c(=O)[nH]2)c(N)c1. The van der Waals surface area contributed by atoms with E-state index in [-0.39, 0.29) is 5.56 Å². The molecule has 29 heavy (non-hydrogen) atoms. The molecule has 0 saturated carbocycles. The van der Waals surface area contributed by atoms with Crippen LogP contribution in [0, 0.1) is 13.8 Å². The summed E-state index contributed by atoms with van der Waals surface area (Å²) in [4.78, 5) is 28.1. The van der Waals surface area contributed by atoms with Crippen molar-refractivity contribution in [3.05, 3.63) is 75.2 Å². The third-order valence-corrected chi connectivity index (χ3v) is 4.76. The number of nitrogens with two attached hydrogens (primary N) is 1. The Bertz CT molecular complexity index is 997. The first kappa shape index (κ1) is 20.5. The fraction of sp³-hybridized carbons (Fsp3) is 0.364. The van der Waals surface area contributed by atoms with Crippen molar-refractivity contribution < 1.29 is 0 Å². The van der Waals surface area contributed by atoms with Crippen LogP contribution in [0.15, 0.2) is 41.6 Å². The van der Waals surface area contributed by atoms with E-state index in [0.717, 1.165) is 60.4 Å². The molecule has 152 valence electrons. The molecule has 3 rings (SSSR count). The topological polar surface area (TPSA) is 110 Å². The lowest BCUT2D eigenvalue weighted by atomic mass is 10.1. The van der Waals surface area contributed by atoms with E-state index in [2.05, 4.69) is 25.3 Å². The van der Waals surface area contributed by atoms with Crippen molar-refractivity contribution in [2.24, 2.45) is 0 Å². The fourth-order valence-electron chi connectivity index (χ4n) is 3.09. The highest BCUT2D eigenvalue weighted by molar-refractivity contribution is 5.44. The molecule has 0 aliphatic carbocycles. The van der Waals surface area contributed by atoms with Gasteiger partial charge in [0.05, 0.1) is 11.4 Å². The van der Waals surface area contributed by atoms with Crippen molar-refractivity contribution in [1.82, 2.24) is 19.9 Å². The van der Waals surface area contributed by atoms with E-state index in [0.29, 0.717) is 17.9 Å². The highest BCUT2D eigenvalue weighted by Gasteiger charge is 2.05. The van der Waals surface area contributed by atoms with Gasteiger partial charge in [0.25, 0.3) is 5.56 Å². The van der Waals surface area contributed by atoms with Gasteiger partial charge in [-0.05, 0) is 56.4 Å². The smallest absolute Gasteiger partial charge is 0.255 e. The number of aryl methyl sites for hydroxylation is 3. The first-order valence-electron chi connectivity index (χ1n) is 9.96. The zero-order valence-corrected chi connectivity index (χ0v) is 17.0. The maximum atomic E-state index is 12.3. The maximum absolute atomic E-state index is 12.3. The van der Waals surface area contributed by atoms with Crippen LogP contribution in [-0.4, -0.2) is 26.5 Å². The molecule has 0 aromatic carbocycles. The fourth-order valence-corrected chi connectivity index (χ4v) is 3.09. The van der Waals surface area contributed by atoms with E-state index in [1.165, 1.54) is 0 Å². The largest absolute Gasteiger partial charge is 0.397 e. The van der Waals surface area contributed by atoms with E-state index < -0.39 is 0 Å². The quantitative estimate of drug-likeness (QED) is 0.483. The summed E-state index contributed by atoms with van der Waals surface area (Å²) in [5, 5.41) is 3.18. The predicted molar refractivity (Wildman–Crippen MR) is 116 cm³/mol. The Hall–Kier alpha value is -3.22. The average Bonchev–Trinajstić information content (AvgIpc) is 2.69. The normalized spacial score (nSPS) is 10.8. The van der Waals surface area contributed by atoms with Crippen LogP contribution in [0.2, 0.25) is 0 Å². The van der Waals surface area contributed by atoms with Crippen molar-refractivity contribution in [2.75, 3.05) is 17.6 Å². The second-order valence-electron chi connectivity index (χ2n) is 7.36.